The molecule has 1 aliphatic carbocycles. The molecule has 1 aliphatic heterocycles. The van der Waals surface area contributed by atoms with Crippen LogP contribution in [0.4, 0.5) is 21.8 Å². The van der Waals surface area contributed by atoms with Crippen LogP contribution in [0.15, 0.2) is 35.4 Å². The fourth-order valence-corrected chi connectivity index (χ4v) is 4.06. The largest absolute Gasteiger partial charge is 0.342 e. The Hall–Kier alpha value is -2.75. The molecule has 2 heterocycles. The number of nitrogens with zero attached hydrogens (tertiary/aromatic N) is 4. The molecule has 1 saturated carbocycles. The average Bonchev–Trinajstić information content (AvgIpc) is 3.41. The number of carbonyl (C=O) groups excluding carboxylic acids is 1. The molecule has 2 fully saturated rings. The third kappa shape index (κ3) is 3.39. The van der Waals surface area contributed by atoms with Gasteiger partial charge in [-0.15, -0.1) is 0 Å². The van der Waals surface area contributed by atoms with Crippen molar-refractivity contribution in [2.24, 2.45) is 0 Å². The first-order chi connectivity index (χ1) is 13.2. The Morgan fingerprint density at radius 3 is 2.57 bits per heavy atom. The van der Waals surface area contributed by atoms with Crippen LogP contribution < -0.4 is 10.2 Å². The molecule has 10 heteroatoms. The van der Waals surface area contributed by atoms with E-state index in [2.05, 4.69) is 15.3 Å². The van der Waals surface area contributed by atoms with Gasteiger partial charge < -0.3 is 15.1 Å². The third-order valence-corrected chi connectivity index (χ3v) is 6.48. The molecular weight excluding hydrogens is 383 g/mol. The molecule has 1 unspecified atom stereocenters. The van der Waals surface area contributed by atoms with E-state index in [0.717, 1.165) is 19.0 Å². The van der Waals surface area contributed by atoms with Crippen molar-refractivity contribution in [3.8, 4) is 0 Å². The van der Waals surface area contributed by atoms with Gasteiger partial charge in [-0.05, 0) is 37.1 Å². The molecule has 4 rings (SSSR count). The number of amides is 1. The Morgan fingerprint density at radius 1 is 1.29 bits per heavy atom. The topological polar surface area (TPSA) is 102 Å². The minimum atomic E-state index is -2.79. The van der Waals surface area contributed by atoms with E-state index in [9.17, 15) is 13.4 Å². The molecule has 1 saturated heterocycles. The zero-order chi connectivity index (χ0) is 20.1. The number of aromatic nitrogens is 2. The summed E-state index contributed by atoms with van der Waals surface area (Å²) < 4.78 is 33.8. The van der Waals surface area contributed by atoms with E-state index >= 15 is 0 Å². The highest BCUT2D eigenvalue weighted by molar-refractivity contribution is 7.91. The summed E-state index contributed by atoms with van der Waals surface area (Å²) in [4.78, 5) is 24.4. The number of anilines is 3. The summed E-state index contributed by atoms with van der Waals surface area (Å²) in [5.74, 6) is -0.326. The first-order valence-corrected chi connectivity index (χ1v) is 10.8. The Balaban J connectivity index is 1.57. The lowest BCUT2D eigenvalue weighted by atomic mass is 10.1. The van der Waals surface area contributed by atoms with Crippen LogP contribution in [0.2, 0.25) is 0 Å². The van der Waals surface area contributed by atoms with E-state index in [1.807, 2.05) is 0 Å². The van der Waals surface area contributed by atoms with Crippen molar-refractivity contribution in [1.82, 2.24) is 14.9 Å². The molecule has 1 amide bonds. The van der Waals surface area contributed by atoms with E-state index in [0.29, 0.717) is 17.1 Å². The summed E-state index contributed by atoms with van der Waals surface area (Å²) in [6.07, 6.45) is 4.26. The number of benzene rings is 1. The SMILES string of the molecule is CN1C(=O)CN(c2nc(Nc3ccc(S(C)(=N)=O)cc3)ncc2F)CC12CC2. The number of nitrogens with one attached hydrogen (secondary N) is 2. The van der Waals surface area contributed by atoms with E-state index in [-0.39, 0.29) is 29.8 Å². The van der Waals surface area contributed by atoms with Crippen LogP contribution in [0.5, 0.6) is 0 Å². The highest BCUT2D eigenvalue weighted by Gasteiger charge is 2.53. The zero-order valence-corrected chi connectivity index (χ0v) is 16.4. The second-order valence-corrected chi connectivity index (χ2v) is 9.55. The molecule has 8 nitrogen and oxygen atoms in total. The lowest BCUT2D eigenvalue weighted by Crippen LogP contribution is -2.57. The molecule has 2 aromatic rings. The van der Waals surface area contributed by atoms with Gasteiger partial charge in [-0.25, -0.2) is 18.4 Å². The van der Waals surface area contributed by atoms with Crippen LogP contribution in [0, 0.1) is 10.6 Å². The number of carbonyl (C=O) groups is 1. The van der Waals surface area contributed by atoms with Crippen molar-refractivity contribution in [3.05, 3.63) is 36.3 Å². The Morgan fingerprint density at radius 2 is 1.96 bits per heavy atom. The summed E-state index contributed by atoms with van der Waals surface area (Å²) in [7, 11) is -0.989. The highest BCUT2D eigenvalue weighted by Crippen LogP contribution is 2.44. The van der Waals surface area contributed by atoms with Crippen LogP contribution >= 0.6 is 0 Å². The van der Waals surface area contributed by atoms with Crippen LogP contribution in [-0.2, 0) is 14.5 Å². The first kappa shape index (κ1) is 18.6. The number of piperazine rings is 1. The standard InChI is InChI=1S/C18H21FN6O2S/c1-24-15(26)10-25(11-18(24)7-8-18)16-14(19)9-21-17(23-16)22-12-3-5-13(6-4-12)28(2,20)27/h3-6,9,20H,7-8,10-11H2,1-2H3,(H,21,22,23). The number of hydrogen-bond acceptors (Lipinski definition) is 7. The molecule has 1 aromatic heterocycles. The van der Waals surface area contributed by atoms with Gasteiger partial charge in [0.1, 0.15) is 0 Å². The smallest absolute Gasteiger partial charge is 0.242 e. The quantitative estimate of drug-likeness (QED) is 0.810. The van der Waals surface area contributed by atoms with Crippen molar-refractivity contribution in [3.63, 3.8) is 0 Å². The molecule has 28 heavy (non-hydrogen) atoms. The number of rotatable bonds is 4. The van der Waals surface area contributed by atoms with Gasteiger partial charge in [0.15, 0.2) is 11.6 Å². The summed E-state index contributed by atoms with van der Waals surface area (Å²) in [5, 5.41) is 2.98. The maximum Gasteiger partial charge on any atom is 0.242 e. The molecule has 1 aromatic carbocycles. The van der Waals surface area contributed by atoms with Gasteiger partial charge in [0.2, 0.25) is 11.9 Å². The lowest BCUT2D eigenvalue weighted by Gasteiger charge is -2.40. The van der Waals surface area contributed by atoms with E-state index in [1.54, 1.807) is 41.1 Å². The van der Waals surface area contributed by atoms with E-state index in [1.165, 1.54) is 6.26 Å². The van der Waals surface area contributed by atoms with Gasteiger partial charge in [-0.1, -0.05) is 0 Å². The van der Waals surface area contributed by atoms with Gasteiger partial charge in [-0.2, -0.15) is 4.98 Å². The Bertz CT molecular complexity index is 1040. The maximum absolute atomic E-state index is 14.4. The summed E-state index contributed by atoms with van der Waals surface area (Å²) in [5.41, 5.74) is 0.415. The predicted molar refractivity (Wildman–Crippen MR) is 104 cm³/mol. The van der Waals surface area contributed by atoms with E-state index < -0.39 is 15.5 Å². The molecule has 148 valence electrons. The monoisotopic (exact) mass is 404 g/mol. The second-order valence-electron chi connectivity index (χ2n) is 7.39. The van der Waals surface area contributed by atoms with Crippen molar-refractivity contribution in [2.45, 2.75) is 23.3 Å². The molecule has 0 radical (unpaired) electrons. The average molecular weight is 404 g/mol. The molecule has 2 N–H and O–H groups in total. The number of hydrogen-bond donors (Lipinski definition) is 2. The van der Waals surface area contributed by atoms with Gasteiger partial charge in [-0.3, -0.25) is 4.79 Å². The number of likely N-dealkylation sites (N-methyl/N-ethyl adjacent to an activating group) is 1. The normalized spacial score (nSPS) is 20.2. The lowest BCUT2D eigenvalue weighted by molar-refractivity contribution is -0.132. The summed E-state index contributed by atoms with van der Waals surface area (Å²) in [6.45, 7) is 0.625. The molecule has 1 spiro atoms. The van der Waals surface area contributed by atoms with Crippen LogP contribution in [-0.4, -0.2) is 56.9 Å². The van der Waals surface area contributed by atoms with Gasteiger partial charge in [0.05, 0.1) is 28.0 Å². The molecule has 0 bridgehead atoms. The second kappa shape index (κ2) is 6.40. The fraction of sp³-hybridized carbons (Fsp3) is 0.389. The van der Waals surface area contributed by atoms with Crippen molar-refractivity contribution < 1.29 is 13.4 Å². The van der Waals surface area contributed by atoms with E-state index in [4.69, 9.17) is 4.78 Å². The number of halogens is 1. The van der Waals surface area contributed by atoms with Crippen LogP contribution in [0.1, 0.15) is 12.8 Å². The minimum Gasteiger partial charge on any atom is -0.342 e. The van der Waals surface area contributed by atoms with Crippen molar-refractivity contribution in [1.29, 1.82) is 4.78 Å². The Labute approximate surface area is 162 Å². The predicted octanol–water partition coefficient (Wildman–Crippen LogP) is 2.21. The van der Waals surface area contributed by atoms with Crippen molar-refractivity contribution >= 4 is 33.1 Å². The molecule has 2 aliphatic rings. The van der Waals surface area contributed by atoms with Gasteiger partial charge >= 0.3 is 0 Å². The summed E-state index contributed by atoms with van der Waals surface area (Å²) >= 11 is 0. The minimum absolute atomic E-state index is 0.0505. The Kier molecular flexibility index (Phi) is 4.25. The zero-order valence-electron chi connectivity index (χ0n) is 15.6. The van der Waals surface area contributed by atoms with Crippen LogP contribution in [0.3, 0.4) is 0 Å². The third-order valence-electron chi connectivity index (χ3n) is 5.31. The van der Waals surface area contributed by atoms with Gasteiger partial charge in [0, 0.05) is 30.4 Å². The van der Waals surface area contributed by atoms with Gasteiger partial charge in [0.25, 0.3) is 0 Å². The fourth-order valence-electron chi connectivity index (χ4n) is 3.41. The van der Waals surface area contributed by atoms with Crippen molar-refractivity contribution in [2.75, 3.05) is 36.6 Å². The molecular formula is C18H21FN6O2S. The first-order valence-electron chi connectivity index (χ1n) is 8.83. The maximum atomic E-state index is 14.4. The van der Waals surface area contributed by atoms with Crippen LogP contribution in [0.25, 0.3) is 0 Å². The molecule has 1 atom stereocenters. The highest BCUT2D eigenvalue weighted by atomic mass is 32.2. The summed E-state index contributed by atoms with van der Waals surface area (Å²) in [6, 6.07) is 6.52.